The van der Waals surface area contributed by atoms with Crippen LogP contribution in [-0.2, 0) is 4.79 Å². The quantitative estimate of drug-likeness (QED) is 0.628. The maximum Gasteiger partial charge on any atom is 0.246 e. The molecule has 0 unspecified atom stereocenters. The van der Waals surface area contributed by atoms with Crippen molar-refractivity contribution in [2.24, 2.45) is 5.41 Å². The monoisotopic (exact) mass is 288 g/mol. The van der Waals surface area contributed by atoms with E-state index in [0.29, 0.717) is 5.41 Å². The minimum atomic E-state index is 0.145. The highest BCUT2D eigenvalue weighted by molar-refractivity contribution is 7.10. The third-order valence-electron chi connectivity index (χ3n) is 4.20. The van der Waals surface area contributed by atoms with Gasteiger partial charge in [-0.05, 0) is 30.5 Å². The SMILES string of the molecule is C=CCN1CCC2(C1)CN(C(=O)/C=C/c1cccs1)C2. The Hall–Kier alpha value is -1.39. The largest absolute Gasteiger partial charge is 0.338 e. The molecule has 3 heterocycles. The second kappa shape index (κ2) is 5.54. The number of likely N-dealkylation sites (tertiary alicyclic amines) is 2. The highest BCUT2D eigenvalue weighted by atomic mass is 32.1. The highest BCUT2D eigenvalue weighted by Gasteiger charge is 2.48. The summed E-state index contributed by atoms with van der Waals surface area (Å²) in [6.45, 7) is 8.83. The molecular formula is C16H20N2OS. The molecule has 3 nitrogen and oxygen atoms in total. The van der Waals surface area contributed by atoms with Crippen molar-refractivity contribution in [2.75, 3.05) is 32.7 Å². The van der Waals surface area contributed by atoms with Crippen molar-refractivity contribution < 1.29 is 4.79 Å². The molecule has 0 saturated carbocycles. The van der Waals surface area contributed by atoms with Gasteiger partial charge in [0.05, 0.1) is 0 Å². The predicted molar refractivity (Wildman–Crippen MR) is 83.6 cm³/mol. The topological polar surface area (TPSA) is 23.6 Å². The summed E-state index contributed by atoms with van der Waals surface area (Å²) in [5.41, 5.74) is 0.357. The highest BCUT2D eigenvalue weighted by Crippen LogP contribution is 2.39. The average Bonchev–Trinajstić information content (AvgIpc) is 3.03. The molecule has 0 bridgehead atoms. The number of nitrogens with zero attached hydrogens (tertiary/aromatic N) is 2. The van der Waals surface area contributed by atoms with E-state index in [9.17, 15) is 4.79 Å². The van der Waals surface area contributed by atoms with Crippen molar-refractivity contribution in [3.05, 3.63) is 41.1 Å². The van der Waals surface area contributed by atoms with Gasteiger partial charge in [-0.2, -0.15) is 0 Å². The summed E-state index contributed by atoms with van der Waals surface area (Å²) in [6, 6.07) is 4.02. The van der Waals surface area contributed by atoms with Crippen LogP contribution in [0.4, 0.5) is 0 Å². The van der Waals surface area contributed by atoms with E-state index in [1.54, 1.807) is 17.4 Å². The Morgan fingerprint density at radius 2 is 2.30 bits per heavy atom. The molecule has 20 heavy (non-hydrogen) atoms. The van der Waals surface area contributed by atoms with E-state index in [1.807, 2.05) is 34.6 Å². The third kappa shape index (κ3) is 2.72. The van der Waals surface area contributed by atoms with E-state index < -0.39 is 0 Å². The van der Waals surface area contributed by atoms with Gasteiger partial charge in [0.25, 0.3) is 0 Å². The average molecular weight is 288 g/mol. The van der Waals surface area contributed by atoms with Crippen LogP contribution in [0.3, 0.4) is 0 Å². The van der Waals surface area contributed by atoms with Crippen molar-refractivity contribution in [2.45, 2.75) is 6.42 Å². The Balaban J connectivity index is 1.50. The van der Waals surface area contributed by atoms with E-state index in [1.165, 1.54) is 6.42 Å². The predicted octanol–water partition coefficient (Wildman–Crippen LogP) is 2.48. The summed E-state index contributed by atoms with van der Waals surface area (Å²) in [6.07, 6.45) is 6.79. The molecule has 0 N–H and O–H groups in total. The van der Waals surface area contributed by atoms with E-state index in [2.05, 4.69) is 11.5 Å². The number of carbonyl (C=O) groups excluding carboxylic acids is 1. The summed E-state index contributed by atoms with van der Waals surface area (Å²) in [5.74, 6) is 0.145. The molecule has 1 aromatic heterocycles. The van der Waals surface area contributed by atoms with Crippen LogP contribution in [0.2, 0.25) is 0 Å². The van der Waals surface area contributed by atoms with Gasteiger partial charge in [-0.3, -0.25) is 9.69 Å². The lowest BCUT2D eigenvalue weighted by Crippen LogP contribution is -2.59. The number of thiophene rings is 1. The lowest BCUT2D eigenvalue weighted by atomic mass is 9.79. The van der Waals surface area contributed by atoms with Crippen LogP contribution in [0.25, 0.3) is 6.08 Å². The first-order valence-corrected chi connectivity index (χ1v) is 7.93. The van der Waals surface area contributed by atoms with E-state index >= 15 is 0 Å². The number of carbonyl (C=O) groups is 1. The molecule has 0 aliphatic carbocycles. The summed E-state index contributed by atoms with van der Waals surface area (Å²) >= 11 is 1.65. The van der Waals surface area contributed by atoms with Crippen LogP contribution in [0.1, 0.15) is 11.3 Å². The Morgan fingerprint density at radius 3 is 3.00 bits per heavy atom. The lowest BCUT2D eigenvalue weighted by Gasteiger charge is -2.47. The molecule has 2 saturated heterocycles. The minimum Gasteiger partial charge on any atom is -0.338 e. The van der Waals surface area contributed by atoms with Crippen molar-refractivity contribution in [1.82, 2.24) is 9.80 Å². The van der Waals surface area contributed by atoms with Crippen molar-refractivity contribution in [3.63, 3.8) is 0 Å². The lowest BCUT2D eigenvalue weighted by molar-refractivity contribution is -0.137. The molecule has 1 aromatic rings. The maximum atomic E-state index is 12.1. The standard InChI is InChI=1S/C16H20N2OS/c1-2-8-17-9-7-16(11-17)12-18(13-16)15(19)6-5-14-4-3-10-20-14/h2-6,10H,1,7-9,11-13H2/b6-5+. The summed E-state index contributed by atoms with van der Waals surface area (Å²) in [5, 5.41) is 2.02. The second-order valence-electron chi connectivity index (χ2n) is 5.82. The first-order valence-electron chi connectivity index (χ1n) is 7.05. The van der Waals surface area contributed by atoms with E-state index in [4.69, 9.17) is 0 Å². The van der Waals surface area contributed by atoms with Crippen LogP contribution in [0.5, 0.6) is 0 Å². The van der Waals surface area contributed by atoms with Crippen LogP contribution < -0.4 is 0 Å². The van der Waals surface area contributed by atoms with Gasteiger partial charge in [-0.1, -0.05) is 12.1 Å². The molecule has 0 radical (unpaired) electrons. The van der Waals surface area contributed by atoms with Crippen LogP contribution in [0, 0.1) is 5.41 Å². The van der Waals surface area contributed by atoms with Gasteiger partial charge >= 0.3 is 0 Å². The Morgan fingerprint density at radius 1 is 1.45 bits per heavy atom. The van der Waals surface area contributed by atoms with Gasteiger partial charge in [0.1, 0.15) is 0 Å². The van der Waals surface area contributed by atoms with Crippen LogP contribution >= 0.6 is 11.3 Å². The zero-order chi connectivity index (χ0) is 14.0. The zero-order valence-corrected chi connectivity index (χ0v) is 12.4. The third-order valence-corrected chi connectivity index (χ3v) is 5.04. The molecular weight excluding hydrogens is 268 g/mol. The van der Waals surface area contributed by atoms with Gasteiger partial charge in [-0.25, -0.2) is 0 Å². The summed E-state index contributed by atoms with van der Waals surface area (Å²) < 4.78 is 0. The van der Waals surface area contributed by atoms with E-state index in [0.717, 1.165) is 37.6 Å². The van der Waals surface area contributed by atoms with Gasteiger partial charge in [0.15, 0.2) is 0 Å². The Labute approximate surface area is 124 Å². The Bertz CT molecular complexity index is 515. The summed E-state index contributed by atoms with van der Waals surface area (Å²) in [7, 11) is 0. The van der Waals surface area contributed by atoms with Crippen molar-refractivity contribution in [1.29, 1.82) is 0 Å². The number of hydrogen-bond donors (Lipinski definition) is 0. The molecule has 1 spiro atoms. The minimum absolute atomic E-state index is 0.145. The molecule has 1 amide bonds. The zero-order valence-electron chi connectivity index (χ0n) is 11.6. The number of rotatable bonds is 4. The van der Waals surface area contributed by atoms with Crippen LogP contribution in [0.15, 0.2) is 36.2 Å². The molecule has 4 heteroatoms. The second-order valence-corrected chi connectivity index (χ2v) is 6.80. The van der Waals surface area contributed by atoms with Crippen molar-refractivity contribution >= 4 is 23.3 Å². The van der Waals surface area contributed by atoms with Gasteiger partial charge < -0.3 is 4.90 Å². The molecule has 0 atom stereocenters. The molecule has 3 rings (SSSR count). The van der Waals surface area contributed by atoms with E-state index in [-0.39, 0.29) is 5.91 Å². The maximum absolute atomic E-state index is 12.1. The number of hydrogen-bond acceptors (Lipinski definition) is 3. The molecule has 2 fully saturated rings. The fraction of sp³-hybridized carbons (Fsp3) is 0.438. The van der Waals surface area contributed by atoms with Gasteiger partial charge in [0.2, 0.25) is 5.91 Å². The fourth-order valence-electron chi connectivity index (χ4n) is 3.19. The van der Waals surface area contributed by atoms with Gasteiger partial charge in [-0.15, -0.1) is 17.9 Å². The molecule has 106 valence electrons. The first-order chi connectivity index (χ1) is 9.71. The summed E-state index contributed by atoms with van der Waals surface area (Å²) in [4.78, 5) is 17.6. The Kier molecular flexibility index (Phi) is 3.76. The first kappa shape index (κ1) is 13.6. The number of amides is 1. The molecule has 0 aromatic carbocycles. The molecule has 2 aliphatic heterocycles. The molecule has 2 aliphatic rings. The smallest absolute Gasteiger partial charge is 0.246 e. The van der Waals surface area contributed by atoms with Crippen molar-refractivity contribution in [3.8, 4) is 0 Å². The van der Waals surface area contributed by atoms with Gasteiger partial charge in [0, 0.05) is 42.5 Å². The van der Waals surface area contributed by atoms with Crippen LogP contribution in [-0.4, -0.2) is 48.4 Å². The fourth-order valence-corrected chi connectivity index (χ4v) is 3.81. The normalized spacial score (nSPS) is 21.5.